The number of hydrogen-bond acceptors (Lipinski definition) is 4. The lowest BCUT2D eigenvalue weighted by molar-refractivity contribution is 0.412. The minimum Gasteiger partial charge on any atom is -0.496 e. The van der Waals surface area contributed by atoms with E-state index in [4.69, 9.17) is 21.1 Å². The van der Waals surface area contributed by atoms with Crippen molar-refractivity contribution in [1.29, 1.82) is 0 Å². The van der Waals surface area contributed by atoms with E-state index in [1.807, 2.05) is 31.4 Å². The van der Waals surface area contributed by atoms with Gasteiger partial charge in [0.2, 0.25) is 0 Å². The molecule has 0 bridgehead atoms. The normalized spacial score (nSPS) is 11.0. The maximum atomic E-state index is 5.65. The van der Waals surface area contributed by atoms with Crippen LogP contribution in [0.3, 0.4) is 0 Å². The third-order valence-electron chi connectivity index (χ3n) is 4.44. The summed E-state index contributed by atoms with van der Waals surface area (Å²) in [6, 6.07) is 12.1. The fraction of sp³-hybridized carbons (Fsp3) is 0.250. The maximum Gasteiger partial charge on any atom is 0.144 e. The predicted molar refractivity (Wildman–Crippen MR) is 115 cm³/mol. The van der Waals surface area contributed by atoms with Crippen molar-refractivity contribution in [2.45, 2.75) is 19.8 Å². The van der Waals surface area contributed by atoms with E-state index in [1.54, 1.807) is 7.11 Å². The number of hydrogen-bond donors (Lipinski definition) is 2. The number of rotatable bonds is 5. The Bertz CT molecular complexity index is 964. The van der Waals surface area contributed by atoms with Gasteiger partial charge in [-0.1, -0.05) is 26.1 Å². The number of anilines is 1. The molecule has 0 atom stereocenters. The van der Waals surface area contributed by atoms with Gasteiger partial charge in [-0.05, 0) is 41.8 Å². The molecule has 26 heavy (non-hydrogen) atoms. The van der Waals surface area contributed by atoms with Crippen molar-refractivity contribution in [2.24, 2.45) is 7.05 Å². The Morgan fingerprint density at radius 3 is 2.58 bits per heavy atom. The van der Waals surface area contributed by atoms with Crippen LogP contribution < -0.4 is 14.2 Å². The molecule has 0 saturated carbocycles. The second-order valence-corrected chi connectivity index (χ2v) is 7.08. The first-order valence-corrected chi connectivity index (χ1v) is 9.11. The standard InChI is InChI=1S/C20H22N2O2S2/c1-12(2)15-10-16(18(23-4)11-19(15)24-26)20(25)21-14-5-6-17-13(9-14)7-8-22(17)3/h5-12,26H,1-4H3,(H,21,25). The molecule has 3 rings (SSSR count). The number of fused-ring (bicyclic) bond motifs is 1. The number of thiocarbonyl (C=S) groups is 1. The first-order chi connectivity index (χ1) is 12.4. The van der Waals surface area contributed by atoms with Crippen molar-refractivity contribution < 1.29 is 8.92 Å². The molecule has 0 aliphatic carbocycles. The van der Waals surface area contributed by atoms with Gasteiger partial charge in [-0.2, -0.15) is 0 Å². The Kier molecular flexibility index (Phi) is 5.44. The van der Waals surface area contributed by atoms with Crippen LogP contribution in [0, 0.1) is 0 Å². The van der Waals surface area contributed by atoms with Gasteiger partial charge in [0.1, 0.15) is 16.5 Å². The molecule has 0 amide bonds. The molecule has 2 aromatic carbocycles. The fourth-order valence-electron chi connectivity index (χ4n) is 3.01. The van der Waals surface area contributed by atoms with Gasteiger partial charge in [-0.25, -0.2) is 0 Å². The number of methoxy groups -OCH3 is 1. The van der Waals surface area contributed by atoms with Gasteiger partial charge in [0.05, 0.1) is 12.7 Å². The molecule has 0 unspecified atom stereocenters. The zero-order valence-corrected chi connectivity index (χ0v) is 16.9. The summed E-state index contributed by atoms with van der Waals surface area (Å²) in [5.41, 5.74) is 3.97. The second-order valence-electron chi connectivity index (χ2n) is 6.49. The summed E-state index contributed by atoms with van der Waals surface area (Å²) in [6.45, 7) is 4.20. The Balaban J connectivity index is 1.96. The number of nitrogens with one attached hydrogen (secondary N) is 1. The molecule has 0 aliphatic rings. The Hall–Kier alpha value is -2.18. The highest BCUT2D eigenvalue weighted by molar-refractivity contribution is 7.81. The molecule has 0 spiro atoms. The third kappa shape index (κ3) is 3.52. The van der Waals surface area contributed by atoms with Crippen molar-refractivity contribution >= 4 is 46.7 Å². The van der Waals surface area contributed by atoms with Crippen molar-refractivity contribution in [3.63, 3.8) is 0 Å². The van der Waals surface area contributed by atoms with E-state index in [0.29, 0.717) is 16.5 Å². The molecular weight excluding hydrogens is 364 g/mol. The smallest absolute Gasteiger partial charge is 0.144 e. The fourth-order valence-corrected chi connectivity index (χ4v) is 3.45. The van der Waals surface area contributed by atoms with Crippen LogP contribution in [-0.4, -0.2) is 16.7 Å². The first-order valence-electron chi connectivity index (χ1n) is 8.34. The number of aryl methyl sites for hydroxylation is 1. The largest absolute Gasteiger partial charge is 0.496 e. The van der Waals surface area contributed by atoms with Crippen molar-refractivity contribution in [3.8, 4) is 11.5 Å². The topological polar surface area (TPSA) is 35.4 Å². The van der Waals surface area contributed by atoms with Gasteiger partial charge in [-0.3, -0.25) is 0 Å². The van der Waals surface area contributed by atoms with Crippen LogP contribution >= 0.6 is 25.1 Å². The highest BCUT2D eigenvalue weighted by Gasteiger charge is 2.17. The van der Waals surface area contributed by atoms with Gasteiger partial charge in [0, 0.05) is 48.8 Å². The van der Waals surface area contributed by atoms with Crippen LogP contribution in [0.25, 0.3) is 10.9 Å². The van der Waals surface area contributed by atoms with E-state index in [2.05, 4.69) is 54.8 Å². The zero-order valence-electron chi connectivity index (χ0n) is 15.2. The van der Waals surface area contributed by atoms with E-state index >= 15 is 0 Å². The lowest BCUT2D eigenvalue weighted by Gasteiger charge is -2.17. The summed E-state index contributed by atoms with van der Waals surface area (Å²) in [5, 5.41) is 4.48. The molecule has 0 aliphatic heterocycles. The summed E-state index contributed by atoms with van der Waals surface area (Å²) in [5.74, 6) is 1.60. The van der Waals surface area contributed by atoms with Crippen LogP contribution in [0.2, 0.25) is 0 Å². The van der Waals surface area contributed by atoms with E-state index in [9.17, 15) is 0 Å². The van der Waals surface area contributed by atoms with E-state index in [0.717, 1.165) is 22.2 Å². The van der Waals surface area contributed by atoms with Gasteiger partial charge >= 0.3 is 0 Å². The molecule has 0 saturated heterocycles. The number of thiol groups is 1. The van der Waals surface area contributed by atoms with E-state index < -0.39 is 0 Å². The number of ether oxygens (including phenoxy) is 1. The summed E-state index contributed by atoms with van der Waals surface area (Å²) in [7, 11) is 3.65. The van der Waals surface area contributed by atoms with Crippen LogP contribution in [-0.2, 0) is 7.05 Å². The van der Waals surface area contributed by atoms with Gasteiger partial charge in [0.15, 0.2) is 0 Å². The van der Waals surface area contributed by atoms with Crippen LogP contribution in [0.15, 0.2) is 42.6 Å². The molecular formula is C20H22N2O2S2. The van der Waals surface area contributed by atoms with Gasteiger partial charge in [0.25, 0.3) is 0 Å². The lowest BCUT2D eigenvalue weighted by Crippen LogP contribution is -2.13. The van der Waals surface area contributed by atoms with Crippen LogP contribution in [0.4, 0.5) is 5.69 Å². The molecule has 1 N–H and O–H groups in total. The van der Waals surface area contributed by atoms with Gasteiger partial charge < -0.3 is 18.8 Å². The quantitative estimate of drug-likeness (QED) is 0.353. The number of benzene rings is 2. The van der Waals surface area contributed by atoms with E-state index in [1.165, 1.54) is 5.52 Å². The van der Waals surface area contributed by atoms with E-state index in [-0.39, 0.29) is 5.92 Å². The monoisotopic (exact) mass is 386 g/mol. The molecule has 4 nitrogen and oxygen atoms in total. The summed E-state index contributed by atoms with van der Waals surface area (Å²) < 4.78 is 12.8. The minimum atomic E-state index is 0.269. The van der Waals surface area contributed by atoms with Crippen LogP contribution in [0.1, 0.15) is 30.9 Å². The molecule has 6 heteroatoms. The summed E-state index contributed by atoms with van der Waals surface area (Å²) >= 11 is 9.61. The second kappa shape index (κ2) is 7.60. The molecule has 136 valence electrons. The number of aromatic nitrogens is 1. The highest BCUT2D eigenvalue weighted by Crippen LogP contribution is 2.35. The molecule has 3 aromatic rings. The molecule has 1 heterocycles. The maximum absolute atomic E-state index is 5.65. The number of nitrogens with zero attached hydrogens (tertiary/aromatic N) is 1. The zero-order chi connectivity index (χ0) is 18.8. The van der Waals surface area contributed by atoms with Crippen molar-refractivity contribution in [3.05, 3.63) is 53.7 Å². The summed E-state index contributed by atoms with van der Waals surface area (Å²) in [6.07, 6.45) is 2.04. The molecule has 0 radical (unpaired) electrons. The molecule has 0 fully saturated rings. The van der Waals surface area contributed by atoms with Crippen molar-refractivity contribution in [1.82, 2.24) is 4.57 Å². The minimum absolute atomic E-state index is 0.269. The highest BCUT2D eigenvalue weighted by atomic mass is 32.1. The summed E-state index contributed by atoms with van der Waals surface area (Å²) in [4.78, 5) is 0.602. The molecule has 1 aromatic heterocycles. The average Bonchev–Trinajstić information content (AvgIpc) is 3.00. The predicted octanol–water partition coefficient (Wildman–Crippen LogP) is 5.32. The van der Waals surface area contributed by atoms with Gasteiger partial charge in [-0.15, -0.1) is 0 Å². The lowest BCUT2D eigenvalue weighted by atomic mass is 9.98. The van der Waals surface area contributed by atoms with Crippen LogP contribution in [0.5, 0.6) is 11.5 Å². The Morgan fingerprint density at radius 1 is 1.15 bits per heavy atom. The Morgan fingerprint density at radius 2 is 1.92 bits per heavy atom. The first kappa shape index (κ1) is 18.6. The average molecular weight is 387 g/mol. The SMILES string of the molecule is COc1cc(OS)c(C(C)C)cc1C(=S)Nc1ccc2c(ccn2C)c1. The third-order valence-corrected chi connectivity index (χ3v) is 4.96. The van der Waals surface area contributed by atoms with Crippen molar-refractivity contribution in [2.75, 3.05) is 12.4 Å². The Labute approximate surface area is 164 Å².